The van der Waals surface area contributed by atoms with Gasteiger partial charge in [0.05, 0.1) is 18.8 Å². The first-order valence-electron chi connectivity index (χ1n) is 11.0. The molecule has 33 heavy (non-hydrogen) atoms. The maximum absolute atomic E-state index is 11.0. The number of aliphatic hydroxyl groups is 7. The quantitative estimate of drug-likeness (QED) is 0.169. The average Bonchev–Trinajstić information content (AvgIpc) is 2.79. The zero-order valence-electron chi connectivity index (χ0n) is 18.3. The molecule has 15 atom stereocenters. The van der Waals surface area contributed by atoms with Crippen LogP contribution in [-0.4, -0.2) is 135 Å². The molecule has 0 spiro atoms. The predicted octanol–water partition coefficient (Wildman–Crippen LogP) is -5.98. The van der Waals surface area contributed by atoms with Crippen molar-refractivity contribution >= 4 is 0 Å². The third kappa shape index (κ3) is 5.34. The Morgan fingerprint density at radius 2 is 1.33 bits per heavy atom. The number of aliphatic hydroxyl groups excluding tert-OH is 7. The SMILES string of the molecule is C[C@@H]1C[C@H](N)C(O[C@H]2O[C@H](CN)[C@@H](O)[C@H](O)[C@H]2O)[C@H](O)[C@H]1O[C@H]1O[C@H](CO)[C@@H](O)[C@H](N)[C@H]1O. The summed E-state index contributed by atoms with van der Waals surface area (Å²) in [4.78, 5) is 0. The second-order valence-electron chi connectivity index (χ2n) is 9.10. The molecule has 1 aliphatic carbocycles. The third-order valence-corrected chi connectivity index (χ3v) is 6.72. The Morgan fingerprint density at radius 3 is 1.94 bits per heavy atom. The summed E-state index contributed by atoms with van der Waals surface area (Å²) >= 11 is 0. The minimum atomic E-state index is -1.63. The summed E-state index contributed by atoms with van der Waals surface area (Å²) < 4.78 is 22.5. The summed E-state index contributed by atoms with van der Waals surface area (Å²) in [6.45, 7) is 1.05. The van der Waals surface area contributed by atoms with E-state index in [-0.39, 0.29) is 12.5 Å². The number of hydrogen-bond acceptors (Lipinski definition) is 14. The van der Waals surface area contributed by atoms with E-state index in [1.165, 1.54) is 0 Å². The molecule has 0 bridgehead atoms. The van der Waals surface area contributed by atoms with Gasteiger partial charge in [-0.05, 0) is 12.3 Å². The molecule has 2 saturated heterocycles. The summed E-state index contributed by atoms with van der Waals surface area (Å²) in [5.41, 5.74) is 17.5. The molecule has 0 aromatic carbocycles. The third-order valence-electron chi connectivity index (χ3n) is 6.72. The Labute approximate surface area is 190 Å². The molecule has 1 unspecified atom stereocenters. The second-order valence-corrected chi connectivity index (χ2v) is 9.10. The molecular formula is C19H37N3O11. The van der Waals surface area contributed by atoms with Gasteiger partial charge in [-0.1, -0.05) is 6.92 Å². The lowest BCUT2D eigenvalue weighted by Crippen LogP contribution is -2.66. The van der Waals surface area contributed by atoms with Gasteiger partial charge in [0.1, 0.15) is 54.9 Å². The molecule has 3 rings (SSSR count). The van der Waals surface area contributed by atoms with E-state index in [2.05, 4.69) is 0 Å². The van der Waals surface area contributed by atoms with Gasteiger partial charge in [0.15, 0.2) is 12.6 Å². The van der Waals surface area contributed by atoms with Gasteiger partial charge in [0.2, 0.25) is 0 Å². The van der Waals surface area contributed by atoms with Crippen LogP contribution >= 0.6 is 0 Å². The number of hydrogen-bond donors (Lipinski definition) is 10. The summed E-state index contributed by atoms with van der Waals surface area (Å²) in [7, 11) is 0. The van der Waals surface area contributed by atoms with Crippen molar-refractivity contribution in [2.24, 2.45) is 23.1 Å². The summed E-state index contributed by atoms with van der Waals surface area (Å²) in [5, 5.41) is 71.1. The first-order chi connectivity index (χ1) is 15.5. The van der Waals surface area contributed by atoms with Crippen LogP contribution in [0, 0.1) is 5.92 Å². The molecule has 0 aromatic heterocycles. The van der Waals surface area contributed by atoms with E-state index in [9.17, 15) is 35.7 Å². The second kappa shape index (κ2) is 11.0. The minimum Gasteiger partial charge on any atom is -0.394 e. The molecule has 14 heteroatoms. The molecule has 3 fully saturated rings. The van der Waals surface area contributed by atoms with Gasteiger partial charge < -0.3 is 71.9 Å². The molecule has 3 aliphatic rings. The number of rotatable bonds is 6. The van der Waals surface area contributed by atoms with E-state index in [0.29, 0.717) is 6.42 Å². The first kappa shape index (κ1) is 27.0. The van der Waals surface area contributed by atoms with Crippen LogP contribution in [-0.2, 0) is 18.9 Å². The Balaban J connectivity index is 1.72. The molecule has 2 aliphatic heterocycles. The Hall–Kier alpha value is -0.560. The van der Waals surface area contributed by atoms with Crippen LogP contribution in [0.25, 0.3) is 0 Å². The van der Waals surface area contributed by atoms with Gasteiger partial charge in [0.25, 0.3) is 0 Å². The highest BCUT2D eigenvalue weighted by molar-refractivity contribution is 4.99. The van der Waals surface area contributed by atoms with Crippen LogP contribution in [0.1, 0.15) is 13.3 Å². The standard InChI is InChI=1S/C19H37N3O11/c1-5-2-6(21)17(33-19-14(28)13(27)11(25)7(3-20)30-19)15(29)16(5)32-18-12(26)9(22)10(24)8(4-23)31-18/h5-19,23-29H,2-4,20-22H2,1H3/t5-,6+,7-,8-,9+,10-,11-,12-,13+,14-,15-,16+,17?,18-,19-/m1/s1. The maximum Gasteiger partial charge on any atom is 0.187 e. The lowest BCUT2D eigenvalue weighted by molar-refractivity contribution is -0.334. The van der Waals surface area contributed by atoms with E-state index >= 15 is 0 Å². The predicted molar refractivity (Wildman–Crippen MR) is 109 cm³/mol. The Bertz CT molecular complexity index is 582. The number of ether oxygens (including phenoxy) is 4. The van der Waals surface area contributed by atoms with E-state index in [0.717, 1.165) is 0 Å². The lowest BCUT2D eigenvalue weighted by atomic mass is 9.80. The molecule has 0 radical (unpaired) electrons. The normalized spacial score (nSPS) is 53.7. The first-order valence-corrected chi connectivity index (χ1v) is 11.0. The molecule has 0 amide bonds. The van der Waals surface area contributed by atoms with Gasteiger partial charge in [-0.2, -0.15) is 0 Å². The van der Waals surface area contributed by atoms with E-state index in [4.69, 9.17) is 36.1 Å². The zero-order chi connectivity index (χ0) is 24.6. The monoisotopic (exact) mass is 483 g/mol. The largest absolute Gasteiger partial charge is 0.394 e. The van der Waals surface area contributed by atoms with E-state index in [1.807, 2.05) is 0 Å². The highest BCUT2D eigenvalue weighted by Gasteiger charge is 2.51. The smallest absolute Gasteiger partial charge is 0.187 e. The highest BCUT2D eigenvalue weighted by Crippen LogP contribution is 2.34. The molecule has 1 saturated carbocycles. The molecule has 13 N–H and O–H groups in total. The van der Waals surface area contributed by atoms with Gasteiger partial charge in [-0.15, -0.1) is 0 Å². The van der Waals surface area contributed by atoms with Crippen LogP contribution < -0.4 is 17.2 Å². The number of nitrogens with two attached hydrogens (primary N) is 3. The van der Waals surface area contributed by atoms with Crippen molar-refractivity contribution in [3.05, 3.63) is 0 Å². The fourth-order valence-corrected chi connectivity index (χ4v) is 4.63. The molecular weight excluding hydrogens is 446 g/mol. The van der Waals surface area contributed by atoms with Gasteiger partial charge in [-0.25, -0.2) is 0 Å². The van der Waals surface area contributed by atoms with Crippen LogP contribution in [0.15, 0.2) is 0 Å². The maximum atomic E-state index is 11.0. The molecule has 0 aromatic rings. The van der Waals surface area contributed by atoms with Crippen LogP contribution in [0.4, 0.5) is 0 Å². The van der Waals surface area contributed by atoms with E-state index < -0.39 is 92.3 Å². The molecule has 194 valence electrons. The minimum absolute atomic E-state index is 0.151. The van der Waals surface area contributed by atoms with Crippen molar-refractivity contribution in [2.45, 2.75) is 99.0 Å². The van der Waals surface area contributed by atoms with Crippen molar-refractivity contribution in [3.63, 3.8) is 0 Å². The van der Waals surface area contributed by atoms with Crippen LogP contribution in [0.5, 0.6) is 0 Å². The van der Waals surface area contributed by atoms with Crippen molar-refractivity contribution < 1.29 is 54.7 Å². The van der Waals surface area contributed by atoms with Gasteiger partial charge in [0, 0.05) is 12.6 Å². The average molecular weight is 484 g/mol. The van der Waals surface area contributed by atoms with Gasteiger partial charge in [-0.3, -0.25) is 0 Å². The lowest BCUT2D eigenvalue weighted by Gasteiger charge is -2.48. The topological polar surface area (TPSA) is 257 Å². The molecule has 14 nitrogen and oxygen atoms in total. The Morgan fingerprint density at radius 1 is 0.758 bits per heavy atom. The van der Waals surface area contributed by atoms with Crippen LogP contribution in [0.3, 0.4) is 0 Å². The van der Waals surface area contributed by atoms with Crippen molar-refractivity contribution in [1.82, 2.24) is 0 Å². The van der Waals surface area contributed by atoms with Crippen molar-refractivity contribution in [3.8, 4) is 0 Å². The van der Waals surface area contributed by atoms with Crippen molar-refractivity contribution in [1.29, 1.82) is 0 Å². The van der Waals surface area contributed by atoms with Crippen molar-refractivity contribution in [2.75, 3.05) is 13.2 Å². The fourth-order valence-electron chi connectivity index (χ4n) is 4.63. The summed E-state index contributed by atoms with van der Waals surface area (Å²) in [6.07, 6.45) is -15.5. The summed E-state index contributed by atoms with van der Waals surface area (Å²) in [6, 6.07) is -1.87. The summed E-state index contributed by atoms with van der Waals surface area (Å²) in [5.74, 6) is -0.331. The molecule has 2 heterocycles. The fraction of sp³-hybridized carbons (Fsp3) is 1.00. The van der Waals surface area contributed by atoms with Gasteiger partial charge >= 0.3 is 0 Å². The van der Waals surface area contributed by atoms with E-state index in [1.54, 1.807) is 6.92 Å². The highest BCUT2D eigenvalue weighted by atomic mass is 16.7. The zero-order valence-corrected chi connectivity index (χ0v) is 18.3. The Kier molecular flexibility index (Phi) is 9.02. The van der Waals surface area contributed by atoms with Crippen LogP contribution in [0.2, 0.25) is 0 Å².